The fourth-order valence-electron chi connectivity index (χ4n) is 6.22. The third-order valence-corrected chi connectivity index (χ3v) is 9.74. The predicted octanol–water partition coefficient (Wildman–Crippen LogP) is 4.29. The molecule has 0 bridgehead atoms. The van der Waals surface area contributed by atoms with Crippen LogP contribution in [0.15, 0.2) is 51.8 Å². The summed E-state index contributed by atoms with van der Waals surface area (Å²) in [6.45, 7) is 10.8. The van der Waals surface area contributed by atoms with Gasteiger partial charge in [-0.25, -0.2) is 9.78 Å². The first kappa shape index (κ1) is 28.8. The number of amides is 2. The van der Waals surface area contributed by atoms with Crippen molar-refractivity contribution in [3.63, 3.8) is 0 Å². The fraction of sp³-hybridized carbons (Fsp3) is 0.548. The molecule has 0 spiro atoms. The number of carbonyl (C=O) groups is 2. The van der Waals surface area contributed by atoms with E-state index in [4.69, 9.17) is 9.15 Å². The molecule has 2 aromatic heterocycles. The summed E-state index contributed by atoms with van der Waals surface area (Å²) in [5, 5.41) is -0.460. The van der Waals surface area contributed by atoms with Gasteiger partial charge >= 0.3 is 5.76 Å². The van der Waals surface area contributed by atoms with Crippen LogP contribution in [-0.2, 0) is 14.3 Å². The molecule has 0 aliphatic carbocycles. The van der Waals surface area contributed by atoms with E-state index < -0.39 is 11.0 Å². The SMILES string of the molecule is CC(C)(C)CC1SC(CC(=O)N2CCC(n3c(=O)oc4ncccc43)CC2)C(=O)N1c1ccc(N2CCOCC2)cc1. The fourth-order valence-corrected chi connectivity index (χ4v) is 8.02. The summed E-state index contributed by atoms with van der Waals surface area (Å²) in [6, 6.07) is 11.8. The van der Waals surface area contributed by atoms with Gasteiger partial charge in [0.25, 0.3) is 0 Å². The molecule has 224 valence electrons. The summed E-state index contributed by atoms with van der Waals surface area (Å²) in [4.78, 5) is 50.0. The summed E-state index contributed by atoms with van der Waals surface area (Å²) in [6.07, 6.45) is 3.90. The molecule has 2 atom stereocenters. The molecular formula is C31H39N5O5S. The van der Waals surface area contributed by atoms with Crippen molar-refractivity contribution in [3.8, 4) is 0 Å². The Labute approximate surface area is 250 Å². The van der Waals surface area contributed by atoms with Crippen molar-refractivity contribution >= 4 is 46.2 Å². The highest BCUT2D eigenvalue weighted by molar-refractivity contribution is 8.02. The molecule has 10 nitrogen and oxygen atoms in total. The molecule has 3 aliphatic rings. The lowest BCUT2D eigenvalue weighted by molar-refractivity contribution is -0.133. The minimum Gasteiger partial charge on any atom is -0.389 e. The third kappa shape index (κ3) is 5.94. The van der Waals surface area contributed by atoms with Crippen LogP contribution in [0, 0.1) is 5.41 Å². The molecule has 2 unspecified atom stereocenters. The number of carbonyl (C=O) groups excluding carboxylic acids is 2. The zero-order valence-corrected chi connectivity index (χ0v) is 25.3. The van der Waals surface area contributed by atoms with Gasteiger partial charge in [-0.3, -0.25) is 19.1 Å². The molecule has 2 amide bonds. The highest BCUT2D eigenvalue weighted by Crippen LogP contribution is 2.43. The molecule has 0 N–H and O–H groups in total. The zero-order valence-electron chi connectivity index (χ0n) is 24.5. The van der Waals surface area contributed by atoms with Crippen molar-refractivity contribution in [3.05, 3.63) is 53.1 Å². The lowest BCUT2D eigenvalue weighted by Gasteiger charge is -2.32. The van der Waals surface area contributed by atoms with Gasteiger partial charge in [0.15, 0.2) is 0 Å². The van der Waals surface area contributed by atoms with E-state index in [2.05, 4.69) is 42.8 Å². The van der Waals surface area contributed by atoms with Crippen molar-refractivity contribution in [2.45, 2.75) is 63.1 Å². The van der Waals surface area contributed by atoms with Gasteiger partial charge in [0, 0.05) is 56.2 Å². The lowest BCUT2D eigenvalue weighted by Crippen LogP contribution is -2.42. The van der Waals surface area contributed by atoms with Crippen molar-refractivity contribution in [1.29, 1.82) is 0 Å². The Morgan fingerprint density at radius 1 is 1.00 bits per heavy atom. The number of pyridine rings is 1. The summed E-state index contributed by atoms with van der Waals surface area (Å²) < 4.78 is 12.5. The van der Waals surface area contributed by atoms with Crippen LogP contribution in [0.4, 0.5) is 11.4 Å². The van der Waals surface area contributed by atoms with Gasteiger partial charge in [0.2, 0.25) is 17.5 Å². The minimum absolute atomic E-state index is 0.000489. The summed E-state index contributed by atoms with van der Waals surface area (Å²) >= 11 is 1.61. The number of nitrogens with zero attached hydrogens (tertiary/aromatic N) is 5. The first-order valence-electron chi connectivity index (χ1n) is 14.8. The van der Waals surface area contributed by atoms with E-state index in [1.807, 2.05) is 28.0 Å². The van der Waals surface area contributed by atoms with E-state index >= 15 is 0 Å². The predicted molar refractivity (Wildman–Crippen MR) is 164 cm³/mol. The molecule has 42 heavy (non-hydrogen) atoms. The monoisotopic (exact) mass is 593 g/mol. The Balaban J connectivity index is 1.12. The molecule has 11 heteroatoms. The van der Waals surface area contributed by atoms with E-state index in [9.17, 15) is 14.4 Å². The third-order valence-electron chi connectivity index (χ3n) is 8.35. The Hall–Kier alpha value is -3.31. The van der Waals surface area contributed by atoms with Crippen LogP contribution in [-0.4, -0.2) is 76.3 Å². The van der Waals surface area contributed by atoms with Gasteiger partial charge in [-0.2, -0.15) is 0 Å². The molecular weight excluding hydrogens is 554 g/mol. The minimum atomic E-state index is -0.423. The van der Waals surface area contributed by atoms with Crippen molar-refractivity contribution in [2.75, 3.05) is 49.2 Å². The maximum Gasteiger partial charge on any atom is 0.421 e. The number of benzene rings is 1. The van der Waals surface area contributed by atoms with E-state index in [-0.39, 0.29) is 35.1 Å². The lowest BCUT2D eigenvalue weighted by atomic mass is 9.92. The van der Waals surface area contributed by atoms with Gasteiger partial charge in [0.1, 0.15) is 5.52 Å². The van der Waals surface area contributed by atoms with Crippen LogP contribution in [0.5, 0.6) is 0 Å². The molecule has 1 aromatic carbocycles. The average Bonchev–Trinajstić information content (AvgIpc) is 3.47. The van der Waals surface area contributed by atoms with E-state index in [1.54, 1.807) is 28.6 Å². The number of hydrogen-bond acceptors (Lipinski definition) is 8. The number of ether oxygens (including phenoxy) is 1. The van der Waals surface area contributed by atoms with Crippen LogP contribution in [0.3, 0.4) is 0 Å². The Kier molecular flexibility index (Phi) is 8.06. The molecule has 0 saturated carbocycles. The van der Waals surface area contributed by atoms with Crippen LogP contribution in [0.2, 0.25) is 0 Å². The molecule has 3 aliphatic heterocycles. The van der Waals surface area contributed by atoms with E-state index in [0.29, 0.717) is 37.2 Å². The van der Waals surface area contributed by atoms with Crippen molar-refractivity contribution in [2.24, 2.45) is 5.41 Å². The van der Waals surface area contributed by atoms with Gasteiger partial charge in [-0.1, -0.05) is 20.8 Å². The number of fused-ring (bicyclic) bond motifs is 1. The number of aromatic nitrogens is 2. The molecule has 5 heterocycles. The van der Waals surface area contributed by atoms with Gasteiger partial charge < -0.3 is 19.0 Å². The number of thioether (sulfide) groups is 1. The second-order valence-corrected chi connectivity index (χ2v) is 13.9. The van der Waals surface area contributed by atoms with Crippen molar-refractivity contribution < 1.29 is 18.7 Å². The molecule has 3 fully saturated rings. The van der Waals surface area contributed by atoms with E-state index in [1.165, 1.54) is 0 Å². The number of anilines is 2. The number of rotatable bonds is 6. The highest BCUT2D eigenvalue weighted by Gasteiger charge is 2.44. The van der Waals surface area contributed by atoms with Crippen LogP contribution < -0.4 is 15.6 Å². The molecule has 3 saturated heterocycles. The van der Waals surface area contributed by atoms with Crippen LogP contribution in [0.25, 0.3) is 11.2 Å². The topological polar surface area (TPSA) is 101 Å². The first-order valence-corrected chi connectivity index (χ1v) is 15.8. The Bertz CT molecular complexity index is 1480. The second kappa shape index (κ2) is 11.8. The second-order valence-electron chi connectivity index (χ2n) is 12.5. The van der Waals surface area contributed by atoms with Gasteiger partial charge in [0.05, 0.1) is 23.8 Å². The number of hydrogen-bond donors (Lipinski definition) is 0. The Morgan fingerprint density at radius 3 is 2.38 bits per heavy atom. The molecule has 0 radical (unpaired) electrons. The molecule has 3 aromatic rings. The van der Waals surface area contributed by atoms with Crippen LogP contribution in [0.1, 0.15) is 52.5 Å². The summed E-state index contributed by atoms with van der Waals surface area (Å²) in [5.41, 5.74) is 3.05. The Morgan fingerprint density at radius 2 is 1.69 bits per heavy atom. The van der Waals surface area contributed by atoms with Gasteiger partial charge in [-0.15, -0.1) is 11.8 Å². The standard InChI is InChI=1S/C31H39N5O5S/c1-31(2,3)20-27-36(22-8-6-21(7-9-22)33-15-17-40-18-16-33)29(38)25(42-27)19-26(37)34-13-10-23(11-14-34)35-24-5-4-12-32-28(24)41-30(35)39/h4-9,12,23,25,27H,10-11,13-20H2,1-3H3. The molecule has 6 rings (SSSR count). The largest absolute Gasteiger partial charge is 0.421 e. The van der Waals surface area contributed by atoms with Crippen molar-refractivity contribution in [1.82, 2.24) is 14.5 Å². The first-order chi connectivity index (χ1) is 20.2. The average molecular weight is 594 g/mol. The maximum absolute atomic E-state index is 13.8. The number of morpholine rings is 1. The number of oxazole rings is 1. The van der Waals surface area contributed by atoms with Crippen LogP contribution >= 0.6 is 11.8 Å². The van der Waals surface area contributed by atoms with E-state index in [0.717, 1.165) is 44.1 Å². The normalized spacial score (nSPS) is 22.4. The quantitative estimate of drug-likeness (QED) is 0.417. The maximum atomic E-state index is 13.8. The zero-order chi connectivity index (χ0) is 29.4. The smallest absolute Gasteiger partial charge is 0.389 e. The van der Waals surface area contributed by atoms with Gasteiger partial charge in [-0.05, 0) is 61.1 Å². The summed E-state index contributed by atoms with van der Waals surface area (Å²) in [5.74, 6) is -0.422. The highest BCUT2D eigenvalue weighted by atomic mass is 32.2. The summed E-state index contributed by atoms with van der Waals surface area (Å²) in [7, 11) is 0. The number of likely N-dealkylation sites (tertiary alicyclic amines) is 1. The number of piperidine rings is 1.